The summed E-state index contributed by atoms with van der Waals surface area (Å²) in [5, 5.41) is 0. The van der Waals surface area contributed by atoms with Gasteiger partial charge >= 0.3 is 0 Å². The van der Waals surface area contributed by atoms with Gasteiger partial charge in [0.2, 0.25) is 0 Å². The zero-order valence-electron chi connectivity index (χ0n) is 14.4. The minimum atomic E-state index is 0.404. The lowest BCUT2D eigenvalue weighted by atomic mass is 10.2. The molecule has 0 atom stereocenters. The van der Waals surface area contributed by atoms with Gasteiger partial charge in [-0.25, -0.2) is 4.99 Å². The molecule has 4 heteroatoms. The molecule has 0 radical (unpaired) electrons. The summed E-state index contributed by atoms with van der Waals surface area (Å²) < 4.78 is 11.4. The highest BCUT2D eigenvalue weighted by molar-refractivity contribution is 5.66. The molecule has 122 valence electrons. The van der Waals surface area contributed by atoms with Gasteiger partial charge in [-0.2, -0.15) is 0 Å². The number of aliphatic imine (C=N–C) groups is 1. The minimum absolute atomic E-state index is 0.404. The molecule has 0 aliphatic heterocycles. The fraction of sp³-hybridized carbons (Fsp3) is 0.316. The first kappa shape index (κ1) is 16.9. The number of ether oxygens (including phenoxy) is 2. The fourth-order valence-corrected chi connectivity index (χ4v) is 1.93. The van der Waals surface area contributed by atoms with Crippen LogP contribution >= 0.6 is 0 Å². The molecule has 0 spiro atoms. The molecular weight excluding hydrogens is 288 g/mol. The van der Waals surface area contributed by atoms with Crippen LogP contribution < -0.4 is 9.47 Å². The highest BCUT2D eigenvalue weighted by Crippen LogP contribution is 2.37. The Bertz CT molecular complexity index is 667. The van der Waals surface area contributed by atoms with Crippen molar-refractivity contribution in [2.24, 2.45) is 4.99 Å². The molecule has 0 saturated heterocycles. The summed E-state index contributed by atoms with van der Waals surface area (Å²) in [6.45, 7) is 6.26. The molecule has 0 saturated carbocycles. The second-order valence-electron chi connectivity index (χ2n) is 5.71. The van der Waals surface area contributed by atoms with Gasteiger partial charge in [0, 0.05) is 19.2 Å². The molecule has 23 heavy (non-hydrogen) atoms. The maximum atomic E-state index is 5.91. The Morgan fingerprint density at radius 3 is 2.39 bits per heavy atom. The molecular formula is C19H24N2O2. The first-order chi connectivity index (χ1) is 11.0. The van der Waals surface area contributed by atoms with E-state index in [1.165, 1.54) is 0 Å². The van der Waals surface area contributed by atoms with Crippen molar-refractivity contribution < 1.29 is 9.47 Å². The number of benzene rings is 2. The highest BCUT2D eigenvalue weighted by Gasteiger charge is 2.10. The van der Waals surface area contributed by atoms with Crippen LogP contribution in [0, 0.1) is 6.92 Å². The van der Waals surface area contributed by atoms with Crippen molar-refractivity contribution in [1.82, 2.24) is 4.90 Å². The van der Waals surface area contributed by atoms with Gasteiger partial charge in [0.25, 0.3) is 0 Å². The number of hydrogen-bond donors (Lipinski definition) is 0. The number of hydrogen-bond acceptors (Lipinski definition) is 3. The standard InChI is InChI=1S/C19H24N2O2/c1-14(2)21(4)13-20-17-12-18(22-5)19(11-15(17)3)23-16-9-7-6-8-10-16/h6-14H,1-5H3/b20-13+. The van der Waals surface area contributed by atoms with Gasteiger partial charge < -0.3 is 14.4 Å². The van der Waals surface area contributed by atoms with Crippen molar-refractivity contribution in [2.75, 3.05) is 14.2 Å². The van der Waals surface area contributed by atoms with Crippen molar-refractivity contribution in [3.05, 3.63) is 48.0 Å². The average molecular weight is 312 g/mol. The molecule has 0 bridgehead atoms. The van der Waals surface area contributed by atoms with E-state index in [1.54, 1.807) is 7.11 Å². The molecule has 2 aromatic rings. The number of aryl methyl sites for hydroxylation is 1. The number of nitrogens with zero attached hydrogens (tertiary/aromatic N) is 2. The van der Waals surface area contributed by atoms with E-state index in [1.807, 2.05) is 62.8 Å². The first-order valence-corrected chi connectivity index (χ1v) is 7.69. The van der Waals surface area contributed by atoms with E-state index < -0.39 is 0 Å². The summed E-state index contributed by atoms with van der Waals surface area (Å²) in [5.74, 6) is 2.13. The SMILES string of the molecule is COc1cc(/N=C/N(C)C(C)C)c(C)cc1Oc1ccccc1. The minimum Gasteiger partial charge on any atom is -0.493 e. The molecule has 0 aromatic heterocycles. The Morgan fingerprint density at radius 2 is 1.78 bits per heavy atom. The zero-order chi connectivity index (χ0) is 16.8. The molecule has 0 heterocycles. The van der Waals surface area contributed by atoms with Gasteiger partial charge in [-0.3, -0.25) is 0 Å². The molecule has 0 fully saturated rings. The molecule has 0 aliphatic carbocycles. The van der Waals surface area contributed by atoms with Crippen molar-refractivity contribution in [3.63, 3.8) is 0 Å². The van der Waals surface area contributed by atoms with E-state index >= 15 is 0 Å². The van der Waals surface area contributed by atoms with Gasteiger partial charge in [0.05, 0.1) is 19.1 Å². The molecule has 0 amide bonds. The summed E-state index contributed by atoms with van der Waals surface area (Å²) >= 11 is 0. The molecule has 0 unspecified atom stereocenters. The quantitative estimate of drug-likeness (QED) is 0.568. The molecule has 0 aliphatic rings. The predicted octanol–water partition coefficient (Wildman–Crippen LogP) is 4.80. The third-order valence-electron chi connectivity index (χ3n) is 3.65. The second kappa shape index (κ2) is 7.68. The van der Waals surface area contributed by atoms with Crippen LogP contribution in [0.5, 0.6) is 17.2 Å². The number of rotatable bonds is 6. The molecule has 0 N–H and O–H groups in total. The smallest absolute Gasteiger partial charge is 0.169 e. The van der Waals surface area contributed by atoms with Gasteiger partial charge in [0.15, 0.2) is 11.5 Å². The summed E-state index contributed by atoms with van der Waals surface area (Å²) in [6.07, 6.45) is 1.84. The zero-order valence-corrected chi connectivity index (χ0v) is 14.4. The van der Waals surface area contributed by atoms with Crippen molar-refractivity contribution in [3.8, 4) is 17.2 Å². The van der Waals surface area contributed by atoms with E-state index in [0.29, 0.717) is 17.5 Å². The Balaban J connectivity index is 2.28. The lowest BCUT2D eigenvalue weighted by molar-refractivity contribution is 0.379. The molecule has 2 rings (SSSR count). The summed E-state index contributed by atoms with van der Waals surface area (Å²) in [6, 6.07) is 13.9. The molecule has 2 aromatic carbocycles. The summed E-state index contributed by atoms with van der Waals surface area (Å²) in [5.41, 5.74) is 1.90. The lowest BCUT2D eigenvalue weighted by Gasteiger charge is -2.18. The maximum Gasteiger partial charge on any atom is 0.169 e. The van der Waals surface area contributed by atoms with Crippen LogP contribution in [0.4, 0.5) is 5.69 Å². The predicted molar refractivity (Wildman–Crippen MR) is 95.3 cm³/mol. The van der Waals surface area contributed by atoms with Crippen LogP contribution in [-0.4, -0.2) is 31.4 Å². The second-order valence-corrected chi connectivity index (χ2v) is 5.71. The van der Waals surface area contributed by atoms with Crippen LogP contribution in [0.15, 0.2) is 47.5 Å². The van der Waals surface area contributed by atoms with Crippen LogP contribution in [0.2, 0.25) is 0 Å². The Morgan fingerprint density at radius 1 is 1.09 bits per heavy atom. The van der Waals surface area contributed by atoms with E-state index in [9.17, 15) is 0 Å². The summed E-state index contributed by atoms with van der Waals surface area (Å²) in [4.78, 5) is 6.60. The van der Waals surface area contributed by atoms with Gasteiger partial charge in [-0.1, -0.05) is 18.2 Å². The third kappa shape index (κ3) is 4.49. The fourth-order valence-electron chi connectivity index (χ4n) is 1.93. The van der Waals surface area contributed by atoms with Gasteiger partial charge in [0.1, 0.15) is 5.75 Å². The van der Waals surface area contributed by atoms with Crippen molar-refractivity contribution in [2.45, 2.75) is 26.8 Å². The van der Waals surface area contributed by atoms with E-state index in [0.717, 1.165) is 17.0 Å². The lowest BCUT2D eigenvalue weighted by Crippen LogP contribution is -2.24. The Hall–Kier alpha value is -2.49. The maximum absolute atomic E-state index is 5.91. The van der Waals surface area contributed by atoms with E-state index in [2.05, 4.69) is 23.7 Å². The van der Waals surface area contributed by atoms with Gasteiger partial charge in [-0.05, 0) is 44.5 Å². The average Bonchev–Trinajstić information content (AvgIpc) is 2.54. The van der Waals surface area contributed by atoms with Crippen molar-refractivity contribution in [1.29, 1.82) is 0 Å². The molecule has 4 nitrogen and oxygen atoms in total. The van der Waals surface area contributed by atoms with E-state index in [4.69, 9.17) is 9.47 Å². The normalized spacial score (nSPS) is 11.0. The third-order valence-corrected chi connectivity index (χ3v) is 3.65. The first-order valence-electron chi connectivity index (χ1n) is 7.69. The monoisotopic (exact) mass is 312 g/mol. The highest BCUT2D eigenvalue weighted by atomic mass is 16.5. The van der Waals surface area contributed by atoms with Gasteiger partial charge in [-0.15, -0.1) is 0 Å². The Kier molecular flexibility index (Phi) is 5.63. The van der Waals surface area contributed by atoms with Crippen LogP contribution in [-0.2, 0) is 0 Å². The number of methoxy groups -OCH3 is 1. The van der Waals surface area contributed by atoms with Crippen LogP contribution in [0.3, 0.4) is 0 Å². The topological polar surface area (TPSA) is 34.1 Å². The van der Waals surface area contributed by atoms with Crippen LogP contribution in [0.25, 0.3) is 0 Å². The summed E-state index contributed by atoms with van der Waals surface area (Å²) in [7, 11) is 3.64. The largest absolute Gasteiger partial charge is 0.493 e. The van der Waals surface area contributed by atoms with Crippen molar-refractivity contribution >= 4 is 12.0 Å². The number of para-hydroxylation sites is 1. The Labute approximate surface area is 138 Å². The van der Waals surface area contributed by atoms with Crippen LogP contribution in [0.1, 0.15) is 19.4 Å². The van der Waals surface area contributed by atoms with E-state index in [-0.39, 0.29) is 0 Å².